The predicted octanol–water partition coefficient (Wildman–Crippen LogP) is 16.5. The normalized spacial score (nSPS) is 13.3. The molecule has 3 heterocycles. The smallest absolute Gasteiger partial charge is 0.143 e. The van der Waals surface area contributed by atoms with E-state index in [1.807, 2.05) is 0 Å². The Kier molecular flexibility index (Phi) is 7.42. The van der Waals surface area contributed by atoms with Crippen LogP contribution in [0, 0.1) is 0 Å². The number of nitrogens with zero attached hydrogens (tertiary/aromatic N) is 1. The van der Waals surface area contributed by atoms with Gasteiger partial charge in [-0.2, -0.15) is 0 Å². The van der Waals surface area contributed by atoms with Gasteiger partial charge in [-0.05, 0) is 136 Å². The first-order valence-electron chi connectivity index (χ1n) is 23.4. The van der Waals surface area contributed by atoms with E-state index >= 15 is 0 Å². The molecule has 15 rings (SSSR count). The molecule has 0 saturated heterocycles. The maximum atomic E-state index is 6.83. The molecule has 1 aliphatic heterocycles. The van der Waals surface area contributed by atoms with Crippen LogP contribution in [0.15, 0.2) is 217 Å². The number of hydrogen-bond donors (Lipinski definition) is 0. The van der Waals surface area contributed by atoms with Gasteiger partial charge in [-0.15, -0.1) is 0 Å². The Morgan fingerprint density at radius 3 is 1.93 bits per heavy atom. The van der Waals surface area contributed by atoms with Crippen molar-refractivity contribution in [3.05, 3.63) is 212 Å². The lowest BCUT2D eigenvalue weighted by molar-refractivity contribution is 0.670. The first-order valence-corrected chi connectivity index (χ1v) is 26.4. The highest BCUT2D eigenvalue weighted by Crippen LogP contribution is 2.47. The van der Waals surface area contributed by atoms with Crippen molar-refractivity contribution in [2.24, 2.45) is 0 Å². The minimum atomic E-state index is -1.92. The Bertz CT molecular complexity index is 4410. The highest BCUT2D eigenvalue weighted by atomic mass is 28.3. The fourth-order valence-electron chi connectivity index (χ4n) is 12.2. The maximum Gasteiger partial charge on any atom is 0.143 e. The third kappa shape index (κ3) is 5.09. The van der Waals surface area contributed by atoms with Crippen molar-refractivity contribution in [3.63, 3.8) is 0 Å². The van der Waals surface area contributed by atoms with Crippen molar-refractivity contribution in [1.82, 2.24) is 4.57 Å². The van der Waals surface area contributed by atoms with E-state index in [4.69, 9.17) is 4.42 Å². The van der Waals surface area contributed by atoms with E-state index in [9.17, 15) is 0 Å². The second kappa shape index (κ2) is 13.4. The van der Waals surface area contributed by atoms with Crippen LogP contribution < -0.4 is 10.4 Å². The van der Waals surface area contributed by atoms with Crippen LogP contribution in [0.4, 0.5) is 0 Å². The highest BCUT2D eigenvalue weighted by Gasteiger charge is 2.39. The van der Waals surface area contributed by atoms with Crippen molar-refractivity contribution < 1.29 is 4.42 Å². The van der Waals surface area contributed by atoms with Crippen molar-refractivity contribution in [3.8, 4) is 50.2 Å². The summed E-state index contributed by atoms with van der Waals surface area (Å²) in [6.45, 7) is 5.05. The Balaban J connectivity index is 0.957. The van der Waals surface area contributed by atoms with Crippen LogP contribution in [0.2, 0.25) is 13.1 Å². The third-order valence-electron chi connectivity index (χ3n) is 15.3. The van der Waals surface area contributed by atoms with Gasteiger partial charge in [0.15, 0.2) is 0 Å². The van der Waals surface area contributed by atoms with Crippen LogP contribution in [0.25, 0.3) is 137 Å². The monoisotopic (exact) mass is 867 g/mol. The molecule has 0 amide bonds. The number of para-hydroxylation sites is 1. The van der Waals surface area contributed by atoms with E-state index in [0.717, 1.165) is 38.6 Å². The molecule has 0 unspecified atom stereocenters. The minimum absolute atomic E-state index is 0.887. The molecule has 0 bridgehead atoms. The number of fused-ring (bicyclic) bond motifs is 11. The van der Waals surface area contributed by atoms with Gasteiger partial charge in [0.05, 0.1) is 16.7 Å². The van der Waals surface area contributed by atoms with Gasteiger partial charge < -0.3 is 8.98 Å². The molecule has 0 saturated carbocycles. The van der Waals surface area contributed by atoms with Crippen LogP contribution in [-0.2, 0) is 0 Å². The first-order chi connectivity index (χ1) is 33.0. The topological polar surface area (TPSA) is 18.1 Å². The Hall–Kier alpha value is -8.24. The third-order valence-corrected chi connectivity index (χ3v) is 18.8. The predicted molar refractivity (Wildman–Crippen MR) is 288 cm³/mol. The van der Waals surface area contributed by atoms with E-state index in [-0.39, 0.29) is 0 Å². The fourth-order valence-corrected chi connectivity index (χ4v) is 15.3. The lowest BCUT2D eigenvalue weighted by Gasteiger charge is -2.22. The van der Waals surface area contributed by atoms with E-state index in [0.29, 0.717) is 0 Å². The number of rotatable bonds is 4. The number of hydrogen-bond acceptors (Lipinski definition) is 1. The van der Waals surface area contributed by atoms with Gasteiger partial charge in [0, 0.05) is 32.5 Å². The van der Waals surface area contributed by atoms with Crippen LogP contribution in [0.5, 0.6) is 0 Å². The lowest BCUT2D eigenvalue weighted by atomic mass is 9.89. The van der Waals surface area contributed by atoms with Crippen LogP contribution in [-0.4, -0.2) is 12.6 Å². The van der Waals surface area contributed by atoms with Crippen molar-refractivity contribution in [1.29, 1.82) is 0 Å². The maximum absolute atomic E-state index is 6.83. The molecular weight excluding hydrogens is 827 g/mol. The molecule has 2 nitrogen and oxygen atoms in total. The average molecular weight is 868 g/mol. The fraction of sp³-hybridized carbons (Fsp3) is 0.0312. The van der Waals surface area contributed by atoms with Crippen molar-refractivity contribution in [2.75, 3.05) is 0 Å². The van der Waals surface area contributed by atoms with Gasteiger partial charge >= 0.3 is 0 Å². The average Bonchev–Trinajstić information content (AvgIpc) is 3.99. The molecule has 312 valence electrons. The molecule has 0 atom stereocenters. The molecule has 1 aliphatic rings. The van der Waals surface area contributed by atoms with E-state index in [1.165, 1.54) is 104 Å². The highest BCUT2D eigenvalue weighted by molar-refractivity contribution is 7.04. The molecule has 3 heteroatoms. The molecule has 0 aliphatic carbocycles. The molecule has 0 spiro atoms. The van der Waals surface area contributed by atoms with Gasteiger partial charge in [-0.3, -0.25) is 0 Å². The zero-order valence-electron chi connectivity index (χ0n) is 37.1. The summed E-state index contributed by atoms with van der Waals surface area (Å²) >= 11 is 0. The number of furan rings is 1. The summed E-state index contributed by atoms with van der Waals surface area (Å²) in [5.41, 5.74) is 15.3. The Morgan fingerprint density at radius 2 is 1.01 bits per heavy atom. The van der Waals surface area contributed by atoms with Gasteiger partial charge in [-0.25, -0.2) is 0 Å². The summed E-state index contributed by atoms with van der Waals surface area (Å²) in [6.07, 6.45) is 0. The van der Waals surface area contributed by atoms with Crippen LogP contribution in [0.3, 0.4) is 0 Å². The zero-order chi connectivity index (χ0) is 44.1. The summed E-state index contributed by atoms with van der Waals surface area (Å²) in [5.74, 6) is 0. The Morgan fingerprint density at radius 1 is 0.358 bits per heavy atom. The molecule has 12 aromatic carbocycles. The molecule has 0 radical (unpaired) electrons. The molecule has 14 aromatic rings. The number of benzene rings is 12. The minimum Gasteiger partial charge on any atom is -0.455 e. The molecule has 0 N–H and O–H groups in total. The Labute approximate surface area is 387 Å². The summed E-state index contributed by atoms with van der Waals surface area (Å²) in [5, 5.41) is 18.3. The largest absolute Gasteiger partial charge is 0.455 e. The molecule has 0 fully saturated rings. The number of aromatic nitrogens is 1. The van der Waals surface area contributed by atoms with Crippen LogP contribution in [0.1, 0.15) is 0 Å². The van der Waals surface area contributed by atoms with Gasteiger partial charge in [0.1, 0.15) is 19.2 Å². The molecule has 67 heavy (non-hydrogen) atoms. The summed E-state index contributed by atoms with van der Waals surface area (Å²) in [7, 11) is -1.92. The van der Waals surface area contributed by atoms with Gasteiger partial charge in [-0.1, -0.05) is 177 Å². The van der Waals surface area contributed by atoms with E-state index in [2.05, 4.69) is 230 Å². The second-order valence-electron chi connectivity index (χ2n) is 19.2. The summed E-state index contributed by atoms with van der Waals surface area (Å²) in [6, 6.07) is 79.2. The second-order valence-corrected chi connectivity index (χ2v) is 23.5. The molecular formula is C64H41NOSi. The summed E-state index contributed by atoms with van der Waals surface area (Å²) < 4.78 is 9.37. The van der Waals surface area contributed by atoms with Crippen molar-refractivity contribution in [2.45, 2.75) is 13.1 Å². The van der Waals surface area contributed by atoms with E-state index < -0.39 is 8.07 Å². The zero-order valence-corrected chi connectivity index (χ0v) is 38.1. The van der Waals surface area contributed by atoms with E-state index in [1.54, 1.807) is 5.19 Å². The quantitative estimate of drug-likeness (QED) is 0.127. The SMILES string of the molecule is C[Si]1(C)c2ccccc2-c2c1cc1ccc3cccc4c(-n5c6ccccc6c6cc(-c7ccc8oc9c(-c%10ccccc%10)cc(-c%10cccc%11ccccc%10%11)cc9c8c7)ccc65)cc2c1c34. The van der Waals surface area contributed by atoms with Gasteiger partial charge in [0.2, 0.25) is 0 Å². The van der Waals surface area contributed by atoms with Crippen molar-refractivity contribution >= 4 is 105 Å². The molecule has 2 aromatic heterocycles. The first kappa shape index (κ1) is 37.0. The standard InChI is InChI=1S/C64H41NOSi/c1-67(2)59-25-11-9-21-49(59)63-54-37-57(48-23-13-18-40-26-27-43(36-60(63)67)62(54)61(40)48)65-55-24-10-8-20-47(55)51-32-41(28-30-56(51)65)42-29-31-58-52(33-42)53-35-44(46-22-12-17-38-16-6-7-19-45(38)46)34-50(64(53)66-58)39-14-4-3-5-15-39/h3-37H,1-2H3. The lowest BCUT2D eigenvalue weighted by Crippen LogP contribution is -2.49. The summed E-state index contributed by atoms with van der Waals surface area (Å²) in [4.78, 5) is 0. The van der Waals surface area contributed by atoms with Gasteiger partial charge in [0.25, 0.3) is 0 Å². The van der Waals surface area contributed by atoms with Crippen LogP contribution >= 0.6 is 0 Å².